The van der Waals surface area contributed by atoms with Gasteiger partial charge in [-0.15, -0.1) is 0 Å². The molecular weight excluding hydrogens is 548 g/mol. The number of carbonyl (C=O) groups excluding carboxylic acids is 1. The van der Waals surface area contributed by atoms with Crippen LogP contribution in [0.3, 0.4) is 0 Å². The summed E-state index contributed by atoms with van der Waals surface area (Å²) >= 11 is 0. The Labute approximate surface area is 282 Å². The maximum Gasteiger partial charge on any atom is 0.312 e. The topological polar surface area (TPSA) is 26.3 Å². The molecule has 4 atom stereocenters. The molecule has 0 fully saturated rings. The third kappa shape index (κ3) is 12.0. The van der Waals surface area contributed by atoms with E-state index >= 15 is 0 Å². The van der Waals surface area contributed by atoms with Crippen molar-refractivity contribution in [1.29, 1.82) is 0 Å². The molecule has 0 aliphatic rings. The van der Waals surface area contributed by atoms with E-state index in [-0.39, 0.29) is 56.4 Å². The zero-order chi connectivity index (χ0) is 35.8. The summed E-state index contributed by atoms with van der Waals surface area (Å²) in [6.45, 7) is 48.2. The van der Waals surface area contributed by atoms with Crippen molar-refractivity contribution in [1.82, 2.24) is 0 Å². The molecule has 45 heavy (non-hydrogen) atoms. The molecule has 262 valence electrons. The summed E-state index contributed by atoms with van der Waals surface area (Å²) in [6.07, 6.45) is 3.90. The average molecular weight is 627 g/mol. The highest BCUT2D eigenvalue weighted by Crippen LogP contribution is 2.49. The summed E-state index contributed by atoms with van der Waals surface area (Å²) in [5.41, 5.74) is 4.10. The molecule has 0 aromatic heterocycles. The van der Waals surface area contributed by atoms with Crippen LogP contribution in [0.5, 0.6) is 0 Å². The molecule has 0 saturated heterocycles. The van der Waals surface area contributed by atoms with Crippen molar-refractivity contribution in [2.45, 2.75) is 194 Å². The largest absolute Gasteiger partial charge is 0.461 e. The Kier molecular flexibility index (Phi) is 13.0. The summed E-state index contributed by atoms with van der Waals surface area (Å²) in [5.74, 6) is 0.958. The molecular formula is C43H78O2. The van der Waals surface area contributed by atoms with Gasteiger partial charge in [-0.2, -0.15) is 0 Å². The Morgan fingerprint density at radius 3 is 1.56 bits per heavy atom. The number of rotatable bonds is 11. The lowest BCUT2D eigenvalue weighted by atomic mass is 9.61. The molecule has 0 saturated carbocycles. The smallest absolute Gasteiger partial charge is 0.312 e. The van der Waals surface area contributed by atoms with E-state index < -0.39 is 5.41 Å². The minimum atomic E-state index is -0.558. The summed E-state index contributed by atoms with van der Waals surface area (Å²) in [6, 6.07) is 7.51. The van der Waals surface area contributed by atoms with Gasteiger partial charge < -0.3 is 4.74 Å². The lowest BCUT2D eigenvalue weighted by Crippen LogP contribution is -2.46. The quantitative estimate of drug-likeness (QED) is 0.228. The number of hydrogen-bond donors (Lipinski definition) is 0. The zero-order valence-electron chi connectivity index (χ0n) is 34.2. The van der Waals surface area contributed by atoms with E-state index in [1.165, 1.54) is 16.7 Å². The summed E-state index contributed by atoms with van der Waals surface area (Å²) in [4.78, 5) is 14.0. The van der Waals surface area contributed by atoms with Crippen molar-refractivity contribution >= 4 is 5.97 Å². The Hall–Kier alpha value is -1.31. The first-order chi connectivity index (χ1) is 19.7. The van der Waals surface area contributed by atoms with Crippen molar-refractivity contribution in [2.24, 2.45) is 38.9 Å². The van der Waals surface area contributed by atoms with E-state index in [1.54, 1.807) is 0 Å². The van der Waals surface area contributed by atoms with Gasteiger partial charge in [0.05, 0.1) is 5.41 Å². The number of benzene rings is 1. The van der Waals surface area contributed by atoms with Gasteiger partial charge in [0.25, 0.3) is 0 Å². The molecule has 0 aliphatic heterocycles. The first-order valence-corrected chi connectivity index (χ1v) is 18.1. The van der Waals surface area contributed by atoms with E-state index in [0.29, 0.717) is 5.92 Å². The van der Waals surface area contributed by atoms with E-state index in [2.05, 4.69) is 164 Å². The Balaban J connectivity index is 3.45. The van der Waals surface area contributed by atoms with Crippen molar-refractivity contribution < 1.29 is 9.53 Å². The molecule has 0 amide bonds. The Morgan fingerprint density at radius 2 is 1.18 bits per heavy atom. The molecule has 0 spiro atoms. The lowest BCUT2D eigenvalue weighted by Gasteiger charge is -2.45. The highest BCUT2D eigenvalue weighted by atomic mass is 16.5. The Bertz CT molecular complexity index is 1100. The molecule has 1 aromatic carbocycles. The van der Waals surface area contributed by atoms with Crippen LogP contribution in [0, 0.1) is 38.9 Å². The molecule has 2 heteroatoms. The fourth-order valence-electron chi connectivity index (χ4n) is 6.98. The van der Waals surface area contributed by atoms with Gasteiger partial charge in [-0.1, -0.05) is 157 Å². The van der Waals surface area contributed by atoms with E-state index in [9.17, 15) is 4.79 Å². The van der Waals surface area contributed by atoms with Crippen LogP contribution in [0.2, 0.25) is 0 Å². The van der Waals surface area contributed by atoms with Gasteiger partial charge in [0.15, 0.2) is 0 Å². The van der Waals surface area contributed by atoms with Gasteiger partial charge in [0.2, 0.25) is 0 Å². The van der Waals surface area contributed by atoms with Gasteiger partial charge in [-0.3, -0.25) is 4.79 Å². The van der Waals surface area contributed by atoms with Crippen molar-refractivity contribution in [3.05, 3.63) is 34.9 Å². The second-order valence-electron chi connectivity index (χ2n) is 21.6. The normalized spacial score (nSPS) is 17.6. The average Bonchev–Trinajstić information content (AvgIpc) is 2.80. The van der Waals surface area contributed by atoms with Crippen molar-refractivity contribution in [2.75, 3.05) is 0 Å². The fourth-order valence-corrected chi connectivity index (χ4v) is 6.98. The van der Waals surface area contributed by atoms with E-state index in [4.69, 9.17) is 4.74 Å². The van der Waals surface area contributed by atoms with Crippen molar-refractivity contribution in [3.63, 3.8) is 0 Å². The molecule has 4 unspecified atom stereocenters. The molecule has 1 aromatic rings. The van der Waals surface area contributed by atoms with Crippen LogP contribution in [-0.2, 0) is 20.4 Å². The number of esters is 1. The molecule has 0 radical (unpaired) electrons. The van der Waals surface area contributed by atoms with Crippen LogP contribution in [0.4, 0.5) is 0 Å². The van der Waals surface area contributed by atoms with Crippen LogP contribution in [0.1, 0.15) is 194 Å². The number of carbonyl (C=O) groups is 1. The summed E-state index contributed by atoms with van der Waals surface area (Å²) < 4.78 is 6.54. The number of ether oxygens (including phenoxy) is 1. The molecule has 0 bridgehead atoms. The first kappa shape index (κ1) is 41.7. The predicted octanol–water partition coefficient (Wildman–Crippen LogP) is 13.3. The third-order valence-electron chi connectivity index (χ3n) is 10.5. The number of hydrogen-bond acceptors (Lipinski definition) is 2. The molecule has 2 nitrogen and oxygen atoms in total. The second kappa shape index (κ2) is 14.0. The van der Waals surface area contributed by atoms with Crippen LogP contribution in [-0.4, -0.2) is 12.1 Å². The van der Waals surface area contributed by atoms with Gasteiger partial charge in [-0.05, 0) is 99.5 Å². The Morgan fingerprint density at radius 1 is 0.689 bits per heavy atom. The molecule has 0 heterocycles. The maximum absolute atomic E-state index is 14.0. The SMILES string of the molecule is CC(C)C(OC(=O)C(C)(CC(C)(C)C)C(C)(C)C)C(C)CCC(C)(C)c1cc(C(CC(C)(C)C)C(C)(C)C)cc(C(C)(C)C)c1. The predicted molar refractivity (Wildman–Crippen MR) is 199 cm³/mol. The van der Waals surface area contributed by atoms with Crippen LogP contribution < -0.4 is 0 Å². The third-order valence-corrected chi connectivity index (χ3v) is 10.5. The standard InChI is InChI=1S/C43H78O2/c1-29(2)35(45-36(44)43(21,41(16,17)18)28-38(7,8)9)30(3)22-23-42(19,20)33-25-31(24-32(26-33)39(10,11)12)34(40(13,14)15)27-37(4,5)6/h24-26,29-30,34-35H,22-23,27-28H2,1-21H3. The second-order valence-corrected chi connectivity index (χ2v) is 21.6. The maximum atomic E-state index is 14.0. The highest BCUT2D eigenvalue weighted by molar-refractivity contribution is 5.77. The lowest BCUT2D eigenvalue weighted by molar-refractivity contribution is -0.176. The van der Waals surface area contributed by atoms with E-state index in [0.717, 1.165) is 25.7 Å². The molecule has 1 rings (SSSR count). The van der Waals surface area contributed by atoms with Gasteiger partial charge in [0.1, 0.15) is 6.10 Å². The fraction of sp³-hybridized carbons (Fsp3) is 0.837. The van der Waals surface area contributed by atoms with Crippen LogP contribution >= 0.6 is 0 Å². The highest BCUT2D eigenvalue weighted by Gasteiger charge is 2.49. The summed E-state index contributed by atoms with van der Waals surface area (Å²) in [5, 5.41) is 0. The minimum absolute atomic E-state index is 0.00780. The van der Waals surface area contributed by atoms with Crippen molar-refractivity contribution in [3.8, 4) is 0 Å². The first-order valence-electron chi connectivity index (χ1n) is 18.1. The molecule has 0 aliphatic carbocycles. The zero-order valence-corrected chi connectivity index (χ0v) is 34.2. The monoisotopic (exact) mass is 627 g/mol. The van der Waals surface area contributed by atoms with E-state index in [1.807, 2.05) is 0 Å². The summed E-state index contributed by atoms with van der Waals surface area (Å²) in [7, 11) is 0. The van der Waals surface area contributed by atoms with Gasteiger partial charge >= 0.3 is 5.97 Å². The molecule has 0 N–H and O–H groups in total. The van der Waals surface area contributed by atoms with Crippen LogP contribution in [0.25, 0.3) is 0 Å². The van der Waals surface area contributed by atoms with Gasteiger partial charge in [0, 0.05) is 0 Å². The van der Waals surface area contributed by atoms with Crippen LogP contribution in [0.15, 0.2) is 18.2 Å². The minimum Gasteiger partial charge on any atom is -0.461 e. The van der Waals surface area contributed by atoms with Gasteiger partial charge in [-0.25, -0.2) is 0 Å².